The van der Waals surface area contributed by atoms with Gasteiger partial charge in [-0.25, -0.2) is 14.4 Å². The number of carbonyl (C=O) groups is 1. The van der Waals surface area contributed by atoms with Crippen LogP contribution in [0.15, 0.2) is 36.9 Å². The highest BCUT2D eigenvalue weighted by Crippen LogP contribution is 2.28. The van der Waals surface area contributed by atoms with Crippen LogP contribution in [0.2, 0.25) is 0 Å². The molecule has 1 aliphatic rings. The molecule has 1 aliphatic heterocycles. The summed E-state index contributed by atoms with van der Waals surface area (Å²) >= 11 is 0. The Labute approximate surface area is 207 Å². The first-order valence-electron chi connectivity index (χ1n) is 11.4. The van der Waals surface area contributed by atoms with Gasteiger partial charge in [-0.1, -0.05) is 0 Å². The van der Waals surface area contributed by atoms with Gasteiger partial charge in [0.15, 0.2) is 12.0 Å². The molecule has 2 aromatic heterocycles. The summed E-state index contributed by atoms with van der Waals surface area (Å²) in [7, 11) is 0. The molecule has 4 rings (SSSR count). The SMILES string of the molecule is CC(C)(C)n1cc(Nc2ncnc(-c3ccc(O[C@H]4CCN(C(=O)CO)C[C@@H]4F)c(C#N)c3)n2)cn1. The smallest absolute Gasteiger partial charge is 0.248 e. The van der Waals surface area contributed by atoms with E-state index in [4.69, 9.17) is 9.84 Å². The zero-order valence-corrected chi connectivity index (χ0v) is 20.2. The number of piperidine rings is 1. The summed E-state index contributed by atoms with van der Waals surface area (Å²) in [5.74, 6) is 0.375. The summed E-state index contributed by atoms with van der Waals surface area (Å²) in [4.78, 5) is 25.7. The lowest BCUT2D eigenvalue weighted by atomic mass is 10.0. The second-order valence-electron chi connectivity index (χ2n) is 9.38. The van der Waals surface area contributed by atoms with E-state index in [0.717, 1.165) is 5.69 Å². The first kappa shape index (κ1) is 25.0. The van der Waals surface area contributed by atoms with Crippen molar-refractivity contribution < 1.29 is 19.0 Å². The maximum atomic E-state index is 14.6. The average Bonchev–Trinajstić information content (AvgIpc) is 3.34. The van der Waals surface area contributed by atoms with Crippen molar-refractivity contribution in [1.82, 2.24) is 29.6 Å². The van der Waals surface area contributed by atoms with Gasteiger partial charge in [-0.05, 0) is 39.0 Å². The van der Waals surface area contributed by atoms with Gasteiger partial charge >= 0.3 is 0 Å². The Kier molecular flexibility index (Phi) is 7.12. The molecule has 0 unspecified atom stereocenters. The fourth-order valence-electron chi connectivity index (χ4n) is 3.74. The van der Waals surface area contributed by atoms with E-state index < -0.39 is 24.8 Å². The Balaban J connectivity index is 1.48. The molecule has 2 atom stereocenters. The van der Waals surface area contributed by atoms with Crippen molar-refractivity contribution in [2.24, 2.45) is 0 Å². The molecule has 2 N–H and O–H groups in total. The fourth-order valence-corrected chi connectivity index (χ4v) is 3.74. The first-order valence-corrected chi connectivity index (χ1v) is 11.4. The summed E-state index contributed by atoms with van der Waals surface area (Å²) in [5, 5.41) is 26.1. The fraction of sp³-hybridized carbons (Fsp3) is 0.417. The third-order valence-electron chi connectivity index (χ3n) is 5.70. The number of rotatable bonds is 6. The van der Waals surface area contributed by atoms with Gasteiger partial charge in [0.25, 0.3) is 0 Å². The quantitative estimate of drug-likeness (QED) is 0.528. The van der Waals surface area contributed by atoms with Crippen LogP contribution in [0, 0.1) is 11.3 Å². The monoisotopic (exact) mass is 494 g/mol. The normalized spacial score (nSPS) is 17.9. The largest absolute Gasteiger partial charge is 0.486 e. The van der Waals surface area contributed by atoms with Crippen LogP contribution in [0.3, 0.4) is 0 Å². The van der Waals surface area contributed by atoms with Gasteiger partial charge in [-0.15, -0.1) is 0 Å². The van der Waals surface area contributed by atoms with Crippen molar-refractivity contribution in [1.29, 1.82) is 5.26 Å². The molecule has 3 heterocycles. The zero-order valence-electron chi connectivity index (χ0n) is 20.2. The predicted octanol–water partition coefficient (Wildman–Crippen LogP) is 2.42. The molecule has 1 aromatic carbocycles. The number of nitrogens with zero attached hydrogens (tertiary/aromatic N) is 7. The summed E-state index contributed by atoms with van der Waals surface area (Å²) in [6.45, 7) is 5.56. The van der Waals surface area contributed by atoms with Gasteiger partial charge in [-0.2, -0.15) is 15.3 Å². The lowest BCUT2D eigenvalue weighted by Crippen LogP contribution is -2.50. The first-order chi connectivity index (χ1) is 17.2. The number of benzene rings is 1. The number of halogens is 1. The third-order valence-corrected chi connectivity index (χ3v) is 5.70. The molecule has 1 fully saturated rings. The minimum Gasteiger partial charge on any atom is -0.486 e. The van der Waals surface area contributed by atoms with Crippen molar-refractivity contribution in [3.63, 3.8) is 0 Å². The van der Waals surface area contributed by atoms with Crippen LogP contribution in [0.1, 0.15) is 32.8 Å². The lowest BCUT2D eigenvalue weighted by molar-refractivity contribution is -0.138. The van der Waals surface area contributed by atoms with E-state index >= 15 is 0 Å². The number of hydrogen-bond acceptors (Lipinski definition) is 9. The lowest BCUT2D eigenvalue weighted by Gasteiger charge is -2.34. The molecule has 1 saturated heterocycles. The molecule has 188 valence electrons. The molecule has 0 aliphatic carbocycles. The van der Waals surface area contributed by atoms with Crippen LogP contribution in [-0.2, 0) is 10.3 Å². The van der Waals surface area contributed by atoms with Crippen molar-refractivity contribution in [2.75, 3.05) is 25.0 Å². The van der Waals surface area contributed by atoms with Crippen molar-refractivity contribution in [2.45, 2.75) is 45.0 Å². The number of likely N-dealkylation sites (tertiary alicyclic amines) is 1. The van der Waals surface area contributed by atoms with Crippen LogP contribution < -0.4 is 10.1 Å². The molecular weight excluding hydrogens is 467 g/mol. The molecular formula is C24H27FN8O3. The summed E-state index contributed by atoms with van der Waals surface area (Å²) < 4.78 is 22.3. The molecule has 0 saturated carbocycles. The standard InChI is InChI=1S/C24H27FN8O3/c1-24(2,3)33-11-17(10-29-33)30-23-28-14-27-22(31-23)15-4-5-19(16(8-15)9-26)36-20-6-7-32(12-18(20)25)21(35)13-34/h4-5,8,10-11,14,18,20,34H,6-7,12-13H2,1-3H3,(H,27,28,30,31)/t18-,20-/m0/s1. The highest BCUT2D eigenvalue weighted by molar-refractivity contribution is 5.77. The number of nitrogens with one attached hydrogen (secondary N) is 1. The number of aromatic nitrogens is 5. The summed E-state index contributed by atoms with van der Waals surface area (Å²) in [6, 6.07) is 6.91. The Morgan fingerprint density at radius 1 is 1.36 bits per heavy atom. The molecule has 0 spiro atoms. The second-order valence-corrected chi connectivity index (χ2v) is 9.38. The Morgan fingerprint density at radius 2 is 2.17 bits per heavy atom. The highest BCUT2D eigenvalue weighted by Gasteiger charge is 2.33. The van der Waals surface area contributed by atoms with Crippen LogP contribution in [0.25, 0.3) is 11.4 Å². The van der Waals surface area contributed by atoms with Gasteiger partial charge in [0.1, 0.15) is 30.9 Å². The van der Waals surface area contributed by atoms with Gasteiger partial charge in [0, 0.05) is 24.7 Å². The van der Waals surface area contributed by atoms with Crippen LogP contribution in [0.4, 0.5) is 16.0 Å². The van der Waals surface area contributed by atoms with E-state index in [1.165, 1.54) is 11.2 Å². The maximum absolute atomic E-state index is 14.6. The van der Waals surface area contributed by atoms with Crippen molar-refractivity contribution in [3.05, 3.63) is 42.5 Å². The minimum absolute atomic E-state index is 0.167. The minimum atomic E-state index is -1.44. The van der Waals surface area contributed by atoms with Crippen molar-refractivity contribution >= 4 is 17.5 Å². The number of aliphatic hydroxyl groups is 1. The average molecular weight is 495 g/mol. The Bertz CT molecular complexity index is 1280. The number of anilines is 2. The van der Waals surface area contributed by atoms with Gasteiger partial charge < -0.3 is 20.1 Å². The van der Waals surface area contributed by atoms with Gasteiger partial charge in [0.2, 0.25) is 11.9 Å². The maximum Gasteiger partial charge on any atom is 0.248 e. The second kappa shape index (κ2) is 10.2. The Hall–Kier alpha value is -4.11. The van der Waals surface area contributed by atoms with Gasteiger partial charge in [0.05, 0.1) is 29.5 Å². The van der Waals surface area contributed by atoms with Crippen LogP contribution in [-0.4, -0.2) is 72.6 Å². The highest BCUT2D eigenvalue weighted by atomic mass is 19.1. The number of amides is 1. The Morgan fingerprint density at radius 3 is 2.83 bits per heavy atom. The summed E-state index contributed by atoms with van der Waals surface area (Å²) in [6.07, 6.45) is 2.88. The molecule has 3 aromatic rings. The molecule has 11 nitrogen and oxygen atoms in total. The number of carbonyl (C=O) groups excluding carboxylic acids is 1. The molecule has 36 heavy (non-hydrogen) atoms. The predicted molar refractivity (Wildman–Crippen MR) is 128 cm³/mol. The van der Waals surface area contributed by atoms with Gasteiger partial charge in [-0.3, -0.25) is 9.48 Å². The number of alkyl halides is 1. The van der Waals surface area contributed by atoms with E-state index in [0.29, 0.717) is 17.3 Å². The van der Waals surface area contributed by atoms with E-state index in [2.05, 4.69) is 31.4 Å². The number of hydrogen-bond donors (Lipinski definition) is 2. The van der Waals surface area contributed by atoms with E-state index in [9.17, 15) is 14.4 Å². The van der Waals surface area contributed by atoms with Crippen LogP contribution >= 0.6 is 0 Å². The topological polar surface area (TPSA) is 142 Å². The summed E-state index contributed by atoms with van der Waals surface area (Å²) in [5.41, 5.74) is 1.32. The van der Waals surface area contributed by atoms with E-state index in [1.54, 1.807) is 24.4 Å². The van der Waals surface area contributed by atoms with Crippen LogP contribution in [0.5, 0.6) is 5.75 Å². The number of aliphatic hydroxyl groups excluding tert-OH is 1. The zero-order chi connectivity index (χ0) is 25.9. The number of ether oxygens (including phenoxy) is 1. The van der Waals surface area contributed by atoms with Crippen molar-refractivity contribution in [3.8, 4) is 23.2 Å². The molecule has 0 bridgehead atoms. The molecule has 1 amide bonds. The third kappa shape index (κ3) is 5.58. The van der Waals surface area contributed by atoms with E-state index in [1.807, 2.05) is 31.6 Å². The number of nitriles is 1. The van der Waals surface area contributed by atoms with E-state index in [-0.39, 0.29) is 36.4 Å². The molecule has 0 radical (unpaired) electrons. The molecule has 12 heteroatoms.